The largest absolute Gasteiger partial charge is 0.465 e. The number of rotatable bonds is 8. The minimum absolute atomic E-state index is 0.0183. The fourth-order valence-electron chi connectivity index (χ4n) is 1.28. The van der Waals surface area contributed by atoms with Crippen LogP contribution < -0.4 is 5.32 Å². The summed E-state index contributed by atoms with van der Waals surface area (Å²) in [7, 11) is 0. The zero-order valence-electron chi connectivity index (χ0n) is 10.4. The molecule has 0 unspecified atom stereocenters. The van der Waals surface area contributed by atoms with Gasteiger partial charge >= 0.3 is 5.97 Å². The Kier molecular flexibility index (Phi) is 8.52. The fourth-order valence-corrected chi connectivity index (χ4v) is 1.28. The molecule has 5 heteroatoms. The first kappa shape index (κ1) is 14.9. The molecule has 0 atom stereocenters. The molecular formula is C11H22N2O3. The van der Waals surface area contributed by atoms with Gasteiger partial charge in [0.15, 0.2) is 0 Å². The molecule has 0 aliphatic rings. The standard InChI is InChI=1S/C11H22N2O3/c1-4-12-10(14)7-8-13(5-2)9-11(15)16-6-3/h4-9H2,1-3H3,(H,12,14). The summed E-state index contributed by atoms with van der Waals surface area (Å²) < 4.78 is 4.85. The zero-order valence-corrected chi connectivity index (χ0v) is 10.4. The van der Waals surface area contributed by atoms with Crippen LogP contribution in [0.1, 0.15) is 27.2 Å². The quantitative estimate of drug-likeness (QED) is 0.613. The summed E-state index contributed by atoms with van der Waals surface area (Å²) in [4.78, 5) is 24.3. The Bertz CT molecular complexity index is 219. The van der Waals surface area contributed by atoms with Gasteiger partial charge in [0.2, 0.25) is 5.91 Å². The van der Waals surface area contributed by atoms with Crippen LogP contribution >= 0.6 is 0 Å². The second-order valence-electron chi connectivity index (χ2n) is 3.38. The minimum Gasteiger partial charge on any atom is -0.465 e. The van der Waals surface area contributed by atoms with Crippen molar-refractivity contribution in [3.05, 3.63) is 0 Å². The Balaban J connectivity index is 3.82. The molecule has 0 aliphatic heterocycles. The van der Waals surface area contributed by atoms with Crippen LogP contribution in [0, 0.1) is 0 Å². The van der Waals surface area contributed by atoms with E-state index >= 15 is 0 Å². The highest BCUT2D eigenvalue weighted by Crippen LogP contribution is 1.93. The van der Waals surface area contributed by atoms with Gasteiger partial charge in [-0.25, -0.2) is 0 Å². The number of hydrogen-bond donors (Lipinski definition) is 1. The van der Waals surface area contributed by atoms with E-state index in [1.165, 1.54) is 0 Å². The van der Waals surface area contributed by atoms with Gasteiger partial charge in [-0.05, 0) is 20.4 Å². The summed E-state index contributed by atoms with van der Waals surface area (Å²) in [6, 6.07) is 0. The highest BCUT2D eigenvalue weighted by Gasteiger charge is 2.10. The summed E-state index contributed by atoms with van der Waals surface area (Å²) in [5, 5.41) is 2.72. The molecule has 0 aromatic carbocycles. The number of ether oxygens (including phenoxy) is 1. The topological polar surface area (TPSA) is 58.6 Å². The molecule has 0 aromatic rings. The molecule has 0 spiro atoms. The number of nitrogens with zero attached hydrogens (tertiary/aromatic N) is 1. The molecule has 16 heavy (non-hydrogen) atoms. The van der Waals surface area contributed by atoms with E-state index in [0.717, 1.165) is 6.54 Å². The number of amides is 1. The highest BCUT2D eigenvalue weighted by atomic mass is 16.5. The van der Waals surface area contributed by atoms with Crippen LogP contribution in [0.15, 0.2) is 0 Å². The van der Waals surface area contributed by atoms with Crippen molar-refractivity contribution in [3.8, 4) is 0 Å². The maximum absolute atomic E-state index is 11.2. The van der Waals surface area contributed by atoms with Crippen LogP contribution in [-0.4, -0.2) is 49.6 Å². The number of nitrogens with one attached hydrogen (secondary N) is 1. The van der Waals surface area contributed by atoms with Crippen LogP contribution in [0.2, 0.25) is 0 Å². The van der Waals surface area contributed by atoms with Crippen LogP contribution in [-0.2, 0) is 14.3 Å². The van der Waals surface area contributed by atoms with Gasteiger partial charge in [0.05, 0.1) is 13.2 Å². The van der Waals surface area contributed by atoms with E-state index in [0.29, 0.717) is 26.1 Å². The second kappa shape index (κ2) is 9.15. The molecule has 1 N–H and O–H groups in total. The van der Waals surface area contributed by atoms with Gasteiger partial charge in [0.25, 0.3) is 0 Å². The van der Waals surface area contributed by atoms with Crippen molar-refractivity contribution in [2.75, 3.05) is 32.8 Å². The Morgan fingerprint density at radius 3 is 2.44 bits per heavy atom. The van der Waals surface area contributed by atoms with Gasteiger partial charge in [-0.3, -0.25) is 14.5 Å². The smallest absolute Gasteiger partial charge is 0.320 e. The third-order valence-electron chi connectivity index (χ3n) is 2.13. The van der Waals surface area contributed by atoms with Crippen molar-refractivity contribution in [1.29, 1.82) is 0 Å². The molecule has 0 aliphatic carbocycles. The Morgan fingerprint density at radius 1 is 1.25 bits per heavy atom. The molecule has 0 bridgehead atoms. The minimum atomic E-state index is -0.236. The summed E-state index contributed by atoms with van der Waals surface area (Å²) in [6.45, 7) is 8.23. The van der Waals surface area contributed by atoms with Crippen molar-refractivity contribution >= 4 is 11.9 Å². The summed E-state index contributed by atoms with van der Waals surface area (Å²) in [6.07, 6.45) is 0.418. The summed E-state index contributed by atoms with van der Waals surface area (Å²) in [5.74, 6) is -0.218. The van der Waals surface area contributed by atoms with Gasteiger partial charge < -0.3 is 10.1 Å². The maximum atomic E-state index is 11.2. The van der Waals surface area contributed by atoms with E-state index in [1.807, 2.05) is 18.7 Å². The SMILES string of the molecule is CCNC(=O)CCN(CC)CC(=O)OCC. The van der Waals surface area contributed by atoms with E-state index in [-0.39, 0.29) is 18.4 Å². The maximum Gasteiger partial charge on any atom is 0.320 e. The zero-order chi connectivity index (χ0) is 12.4. The normalized spacial score (nSPS) is 10.2. The Labute approximate surface area is 97.1 Å². The van der Waals surface area contributed by atoms with Gasteiger partial charge in [0, 0.05) is 19.5 Å². The first-order chi connectivity index (χ1) is 7.63. The average Bonchev–Trinajstić information content (AvgIpc) is 2.25. The van der Waals surface area contributed by atoms with Crippen molar-refractivity contribution < 1.29 is 14.3 Å². The van der Waals surface area contributed by atoms with Crippen LogP contribution in [0.25, 0.3) is 0 Å². The molecular weight excluding hydrogens is 208 g/mol. The average molecular weight is 230 g/mol. The molecule has 1 amide bonds. The van der Waals surface area contributed by atoms with E-state index in [1.54, 1.807) is 6.92 Å². The van der Waals surface area contributed by atoms with Crippen LogP contribution in [0.4, 0.5) is 0 Å². The molecule has 0 saturated heterocycles. The van der Waals surface area contributed by atoms with Gasteiger partial charge in [-0.2, -0.15) is 0 Å². The molecule has 0 fully saturated rings. The number of esters is 1. The molecule has 0 rings (SSSR count). The van der Waals surface area contributed by atoms with Crippen LogP contribution in [0.5, 0.6) is 0 Å². The number of carbonyl (C=O) groups excluding carboxylic acids is 2. The molecule has 0 radical (unpaired) electrons. The predicted octanol–water partition coefficient (Wildman–Crippen LogP) is 0.398. The molecule has 5 nitrogen and oxygen atoms in total. The first-order valence-electron chi connectivity index (χ1n) is 5.78. The summed E-state index contributed by atoms with van der Waals surface area (Å²) in [5.41, 5.74) is 0. The fraction of sp³-hybridized carbons (Fsp3) is 0.818. The Hall–Kier alpha value is -1.10. The summed E-state index contributed by atoms with van der Waals surface area (Å²) >= 11 is 0. The molecule has 94 valence electrons. The highest BCUT2D eigenvalue weighted by molar-refractivity contribution is 5.76. The monoisotopic (exact) mass is 230 g/mol. The second-order valence-corrected chi connectivity index (χ2v) is 3.38. The van der Waals surface area contributed by atoms with Crippen molar-refractivity contribution in [3.63, 3.8) is 0 Å². The predicted molar refractivity (Wildman–Crippen MR) is 62.0 cm³/mol. The molecule has 0 heterocycles. The van der Waals surface area contributed by atoms with E-state index < -0.39 is 0 Å². The van der Waals surface area contributed by atoms with Crippen molar-refractivity contribution in [2.45, 2.75) is 27.2 Å². The lowest BCUT2D eigenvalue weighted by atomic mass is 10.3. The van der Waals surface area contributed by atoms with Crippen molar-refractivity contribution in [1.82, 2.24) is 10.2 Å². The Morgan fingerprint density at radius 2 is 1.94 bits per heavy atom. The van der Waals surface area contributed by atoms with E-state index in [4.69, 9.17) is 4.74 Å². The number of carbonyl (C=O) groups is 2. The molecule has 0 saturated carbocycles. The van der Waals surface area contributed by atoms with E-state index in [2.05, 4.69) is 5.32 Å². The first-order valence-corrected chi connectivity index (χ1v) is 5.78. The van der Waals surface area contributed by atoms with Crippen LogP contribution in [0.3, 0.4) is 0 Å². The van der Waals surface area contributed by atoms with Gasteiger partial charge in [0.1, 0.15) is 0 Å². The van der Waals surface area contributed by atoms with Crippen molar-refractivity contribution in [2.24, 2.45) is 0 Å². The lowest BCUT2D eigenvalue weighted by molar-refractivity contribution is -0.144. The molecule has 0 aromatic heterocycles. The third-order valence-corrected chi connectivity index (χ3v) is 2.13. The van der Waals surface area contributed by atoms with Gasteiger partial charge in [-0.15, -0.1) is 0 Å². The van der Waals surface area contributed by atoms with E-state index in [9.17, 15) is 9.59 Å². The lowest BCUT2D eigenvalue weighted by Crippen LogP contribution is -2.34. The van der Waals surface area contributed by atoms with Gasteiger partial charge in [-0.1, -0.05) is 6.92 Å². The number of hydrogen-bond acceptors (Lipinski definition) is 4. The third kappa shape index (κ3) is 7.23. The lowest BCUT2D eigenvalue weighted by Gasteiger charge is -2.18. The number of likely N-dealkylation sites (N-methyl/N-ethyl adjacent to an activating group) is 1.